The van der Waals surface area contributed by atoms with E-state index in [4.69, 9.17) is 4.74 Å². The second-order valence-corrected chi connectivity index (χ2v) is 7.87. The molecule has 2 aromatic carbocycles. The zero-order chi connectivity index (χ0) is 19.8. The molecule has 0 saturated carbocycles. The molecule has 1 aliphatic carbocycles. The molecule has 28 heavy (non-hydrogen) atoms. The summed E-state index contributed by atoms with van der Waals surface area (Å²) in [5, 5.41) is 4.69. The lowest BCUT2D eigenvalue weighted by Gasteiger charge is -2.23. The monoisotopic (exact) mass is 374 g/mol. The molecule has 144 valence electrons. The number of carbonyl (C=O) groups excluding carboxylic acids is 1. The maximum absolute atomic E-state index is 12.9. The molecule has 4 nitrogen and oxygen atoms in total. The van der Waals surface area contributed by atoms with Crippen LogP contribution in [0.25, 0.3) is 5.69 Å². The van der Waals surface area contributed by atoms with Gasteiger partial charge in [0.1, 0.15) is 5.75 Å². The SMILES string of the molecule is COc1ccc(-n2nc(C)c3c2C[C@@H](c2ccc(C(C)C)cc2)CC3=O)cc1. The third-order valence-electron chi connectivity index (χ3n) is 5.70. The molecule has 1 aromatic heterocycles. The fourth-order valence-electron chi connectivity index (χ4n) is 4.08. The number of hydrogen-bond acceptors (Lipinski definition) is 3. The first-order chi connectivity index (χ1) is 13.5. The van der Waals surface area contributed by atoms with Gasteiger partial charge in [0, 0.05) is 6.42 Å². The summed E-state index contributed by atoms with van der Waals surface area (Å²) in [6, 6.07) is 16.5. The summed E-state index contributed by atoms with van der Waals surface area (Å²) < 4.78 is 7.18. The zero-order valence-corrected chi connectivity index (χ0v) is 16.9. The van der Waals surface area contributed by atoms with Crippen molar-refractivity contribution in [2.24, 2.45) is 0 Å². The Kier molecular flexibility index (Phi) is 4.80. The summed E-state index contributed by atoms with van der Waals surface area (Å²) >= 11 is 0. The minimum absolute atomic E-state index is 0.189. The molecule has 0 N–H and O–H groups in total. The molecule has 0 radical (unpaired) electrons. The van der Waals surface area contributed by atoms with Gasteiger partial charge < -0.3 is 4.74 Å². The number of ether oxygens (including phenoxy) is 1. The molecule has 1 aliphatic rings. The average molecular weight is 374 g/mol. The minimum Gasteiger partial charge on any atom is -0.497 e. The molecule has 3 aromatic rings. The molecule has 1 heterocycles. The van der Waals surface area contributed by atoms with Crippen LogP contribution in [0.1, 0.15) is 65.0 Å². The van der Waals surface area contributed by atoms with Gasteiger partial charge in [0.05, 0.1) is 29.7 Å². The van der Waals surface area contributed by atoms with E-state index in [0.717, 1.165) is 34.8 Å². The summed E-state index contributed by atoms with van der Waals surface area (Å²) in [6.45, 7) is 6.32. The Hall–Kier alpha value is -2.88. The predicted molar refractivity (Wildman–Crippen MR) is 111 cm³/mol. The number of aryl methyl sites for hydroxylation is 1. The molecule has 0 saturated heterocycles. The molecule has 0 unspecified atom stereocenters. The lowest BCUT2D eigenvalue weighted by Crippen LogP contribution is -2.20. The number of nitrogens with zero attached hydrogens (tertiary/aromatic N) is 2. The maximum Gasteiger partial charge on any atom is 0.167 e. The first-order valence-electron chi connectivity index (χ1n) is 9.84. The maximum atomic E-state index is 12.9. The van der Waals surface area contributed by atoms with Gasteiger partial charge in [-0.05, 0) is 60.6 Å². The van der Waals surface area contributed by atoms with Crippen molar-refractivity contribution in [3.8, 4) is 11.4 Å². The number of aromatic nitrogens is 2. The second kappa shape index (κ2) is 7.27. The van der Waals surface area contributed by atoms with Gasteiger partial charge >= 0.3 is 0 Å². The van der Waals surface area contributed by atoms with E-state index in [-0.39, 0.29) is 11.7 Å². The van der Waals surface area contributed by atoms with Gasteiger partial charge in [-0.25, -0.2) is 4.68 Å². The number of ketones is 1. The number of carbonyl (C=O) groups is 1. The molecule has 0 fully saturated rings. The molecule has 0 spiro atoms. The van der Waals surface area contributed by atoms with Crippen LogP contribution < -0.4 is 4.74 Å². The van der Waals surface area contributed by atoms with Crippen molar-refractivity contribution >= 4 is 5.78 Å². The highest BCUT2D eigenvalue weighted by Crippen LogP contribution is 2.35. The van der Waals surface area contributed by atoms with Crippen molar-refractivity contribution in [2.45, 2.75) is 45.4 Å². The van der Waals surface area contributed by atoms with Crippen molar-refractivity contribution in [1.82, 2.24) is 9.78 Å². The first-order valence-corrected chi connectivity index (χ1v) is 9.84. The van der Waals surface area contributed by atoms with Gasteiger partial charge in [-0.2, -0.15) is 5.10 Å². The van der Waals surface area contributed by atoms with E-state index in [0.29, 0.717) is 12.3 Å². The van der Waals surface area contributed by atoms with Crippen LogP contribution in [-0.4, -0.2) is 22.7 Å². The Bertz CT molecular complexity index is 998. The van der Waals surface area contributed by atoms with Crippen molar-refractivity contribution < 1.29 is 9.53 Å². The van der Waals surface area contributed by atoms with Gasteiger partial charge in [0.25, 0.3) is 0 Å². The van der Waals surface area contributed by atoms with Gasteiger partial charge in [-0.3, -0.25) is 4.79 Å². The van der Waals surface area contributed by atoms with Crippen molar-refractivity contribution in [1.29, 1.82) is 0 Å². The highest BCUT2D eigenvalue weighted by molar-refractivity contribution is 6.00. The summed E-state index contributed by atoms with van der Waals surface area (Å²) in [6.07, 6.45) is 1.36. The minimum atomic E-state index is 0.189. The summed E-state index contributed by atoms with van der Waals surface area (Å²) in [5.41, 5.74) is 6.12. The van der Waals surface area contributed by atoms with Crippen LogP contribution in [-0.2, 0) is 6.42 Å². The molecule has 4 heteroatoms. The Balaban J connectivity index is 1.70. The summed E-state index contributed by atoms with van der Waals surface area (Å²) in [7, 11) is 1.66. The molecular formula is C24H26N2O2. The highest BCUT2D eigenvalue weighted by Gasteiger charge is 2.32. The predicted octanol–water partition coefficient (Wildman–Crippen LogP) is 5.23. The van der Waals surface area contributed by atoms with E-state index in [1.54, 1.807) is 7.11 Å². The van der Waals surface area contributed by atoms with Crippen LogP contribution >= 0.6 is 0 Å². The largest absolute Gasteiger partial charge is 0.497 e. The van der Waals surface area contributed by atoms with Crippen LogP contribution in [0.2, 0.25) is 0 Å². The zero-order valence-electron chi connectivity index (χ0n) is 16.9. The van der Waals surface area contributed by atoms with Gasteiger partial charge in [0.2, 0.25) is 0 Å². The number of methoxy groups -OCH3 is 1. The smallest absolute Gasteiger partial charge is 0.167 e. The van der Waals surface area contributed by atoms with Crippen molar-refractivity contribution in [3.05, 3.63) is 76.6 Å². The Labute approximate surface area is 166 Å². The topological polar surface area (TPSA) is 44.1 Å². The fourth-order valence-corrected chi connectivity index (χ4v) is 4.08. The lowest BCUT2D eigenvalue weighted by atomic mass is 9.81. The van der Waals surface area contributed by atoms with Gasteiger partial charge in [-0.15, -0.1) is 0 Å². The van der Waals surface area contributed by atoms with E-state index in [1.165, 1.54) is 11.1 Å². The Morgan fingerprint density at radius 3 is 2.32 bits per heavy atom. The van der Waals surface area contributed by atoms with E-state index in [1.807, 2.05) is 35.9 Å². The highest BCUT2D eigenvalue weighted by atomic mass is 16.5. The average Bonchev–Trinajstić information content (AvgIpc) is 3.05. The van der Waals surface area contributed by atoms with Crippen LogP contribution in [0.5, 0.6) is 5.75 Å². The standard InChI is InChI=1S/C24H26N2O2/c1-15(2)17-5-7-18(8-6-17)19-13-22-24(23(27)14-19)16(3)25-26(22)20-9-11-21(28-4)12-10-20/h5-12,15,19H,13-14H2,1-4H3/t19-/m1/s1. The van der Waals surface area contributed by atoms with E-state index >= 15 is 0 Å². The first kappa shape index (κ1) is 18.5. The van der Waals surface area contributed by atoms with Crippen molar-refractivity contribution in [3.63, 3.8) is 0 Å². The van der Waals surface area contributed by atoms with Crippen LogP contribution in [0.4, 0.5) is 0 Å². The van der Waals surface area contributed by atoms with E-state index in [2.05, 4.69) is 43.2 Å². The molecule has 1 atom stereocenters. The number of hydrogen-bond donors (Lipinski definition) is 0. The van der Waals surface area contributed by atoms with Crippen LogP contribution in [0, 0.1) is 6.92 Å². The molecule has 0 aliphatic heterocycles. The molecule has 4 rings (SSSR count). The molecule has 0 amide bonds. The number of Topliss-reactive ketones (excluding diaryl/α,β-unsaturated/α-hetero) is 1. The van der Waals surface area contributed by atoms with Gasteiger partial charge in [0.15, 0.2) is 5.78 Å². The van der Waals surface area contributed by atoms with Crippen molar-refractivity contribution in [2.75, 3.05) is 7.11 Å². The van der Waals surface area contributed by atoms with Gasteiger partial charge in [-0.1, -0.05) is 38.1 Å². The Morgan fingerprint density at radius 2 is 1.71 bits per heavy atom. The number of fused-ring (bicyclic) bond motifs is 1. The quantitative estimate of drug-likeness (QED) is 0.628. The third kappa shape index (κ3) is 3.24. The summed E-state index contributed by atoms with van der Waals surface area (Å²) in [4.78, 5) is 12.9. The fraction of sp³-hybridized carbons (Fsp3) is 0.333. The van der Waals surface area contributed by atoms with Crippen LogP contribution in [0.15, 0.2) is 48.5 Å². The molecular weight excluding hydrogens is 348 g/mol. The van der Waals surface area contributed by atoms with E-state index < -0.39 is 0 Å². The summed E-state index contributed by atoms with van der Waals surface area (Å²) in [5.74, 6) is 1.69. The second-order valence-electron chi connectivity index (χ2n) is 7.87. The molecule has 0 bridgehead atoms. The van der Waals surface area contributed by atoms with Crippen LogP contribution in [0.3, 0.4) is 0 Å². The lowest BCUT2D eigenvalue weighted by molar-refractivity contribution is 0.0963. The van der Waals surface area contributed by atoms with E-state index in [9.17, 15) is 4.79 Å². The third-order valence-corrected chi connectivity index (χ3v) is 5.70. The number of rotatable bonds is 4. The Morgan fingerprint density at radius 1 is 1.04 bits per heavy atom. The normalized spacial score (nSPS) is 16.3. The number of benzene rings is 2.